The molecule has 0 aromatic heterocycles. The van der Waals surface area contributed by atoms with Crippen molar-refractivity contribution in [2.45, 2.75) is 0 Å². The van der Waals surface area contributed by atoms with Crippen molar-refractivity contribution in [3.05, 3.63) is 4.91 Å². The third-order valence-electron chi connectivity index (χ3n) is 0. The van der Waals surface area contributed by atoms with Gasteiger partial charge in [0, 0.05) is 0 Å². The molecular formula is H11N4O3+. The molecule has 0 aliphatic carbocycles. The molecule has 0 aliphatic rings. The fraction of sp³-hybridized carbons (Fsp3) is 0. The Kier molecular flexibility index (Phi) is 101. The van der Waals surface area contributed by atoms with E-state index < -0.39 is 5.09 Å². The first-order valence-corrected chi connectivity index (χ1v) is 0.583. The number of hydrogen-bond donors (Lipinski definition) is 5. The number of hydrogen-bond acceptors (Lipinski definition) is 4. The molecule has 7 nitrogen and oxygen atoms in total. The molecular weight excluding hydrogens is 104 g/mol. The summed E-state index contributed by atoms with van der Waals surface area (Å²) >= 11 is 0. The first kappa shape index (κ1) is 36.3. The van der Waals surface area contributed by atoms with Crippen LogP contribution in [0.5, 0.6) is 0 Å². The third kappa shape index (κ3) is 56.9. The van der Waals surface area contributed by atoms with Gasteiger partial charge < -0.3 is 18.5 Å². The van der Waals surface area contributed by atoms with Gasteiger partial charge >= 0.3 is 5.09 Å². The van der Waals surface area contributed by atoms with E-state index in [0.29, 0.717) is 0 Å². The second kappa shape index (κ2) is 19.5. The van der Waals surface area contributed by atoms with E-state index in [-0.39, 0.29) is 18.5 Å². The van der Waals surface area contributed by atoms with E-state index in [1.54, 1.807) is 0 Å². The molecule has 7 heavy (non-hydrogen) atoms. The maximum Gasteiger partial charge on any atom is 0.472 e. The van der Waals surface area contributed by atoms with E-state index in [2.05, 4.69) is 0 Å². The molecule has 0 atom stereocenters. The summed E-state index contributed by atoms with van der Waals surface area (Å²) in [5.74, 6) is 0. The average molecular weight is 115 g/mol. The van der Waals surface area contributed by atoms with Gasteiger partial charge in [-0.15, -0.1) is 0 Å². The summed E-state index contributed by atoms with van der Waals surface area (Å²) in [5.41, 5.74) is 0. The zero-order valence-corrected chi connectivity index (χ0v) is 3.87. The Morgan fingerprint density at radius 2 is 1.00 bits per heavy atom. The molecule has 0 fully saturated rings. The molecule has 48 valence electrons. The van der Waals surface area contributed by atoms with Gasteiger partial charge in [0.25, 0.3) is 0 Å². The minimum Gasteiger partial charge on any atom is -0.344 e. The highest BCUT2D eigenvalue weighted by atomic mass is 16.9. The van der Waals surface area contributed by atoms with Crippen molar-refractivity contribution in [2.24, 2.45) is 0 Å². The van der Waals surface area contributed by atoms with Gasteiger partial charge in [-0.2, -0.15) is 0 Å². The summed E-state index contributed by atoms with van der Waals surface area (Å²) in [5, 5.41) is 12.5. The Labute approximate surface area is 40.2 Å². The van der Waals surface area contributed by atoms with Crippen molar-refractivity contribution in [2.75, 3.05) is 0 Å². The van der Waals surface area contributed by atoms with Gasteiger partial charge in [-0.25, -0.2) is 10.4 Å². The van der Waals surface area contributed by atoms with Gasteiger partial charge in [0.15, 0.2) is 0 Å². The lowest BCUT2D eigenvalue weighted by molar-refractivity contribution is -0.969. The highest BCUT2D eigenvalue weighted by Crippen LogP contribution is 1.31. The lowest BCUT2D eigenvalue weighted by Crippen LogP contribution is -1.87. The van der Waals surface area contributed by atoms with Crippen LogP contribution in [0, 0.1) is 4.91 Å². The monoisotopic (exact) mass is 115 g/mol. The Morgan fingerprint density at radius 3 is 1.00 bits per heavy atom. The molecule has 0 unspecified atom stereocenters. The molecule has 0 rings (SSSR count). The summed E-state index contributed by atoms with van der Waals surface area (Å²) < 4.78 is 0. The third-order valence-corrected chi connectivity index (χ3v) is 0. The molecule has 0 amide bonds. The van der Waals surface area contributed by atoms with Gasteiger partial charge in [-0.3, -0.25) is 0 Å². The summed E-state index contributed by atoms with van der Waals surface area (Å²) in [6.07, 6.45) is 0. The highest BCUT2D eigenvalue weighted by Gasteiger charge is 1.78. The van der Waals surface area contributed by atoms with Crippen molar-refractivity contribution in [3.8, 4) is 0 Å². The topological polar surface area (TPSA) is 166 Å². The van der Waals surface area contributed by atoms with E-state index in [1.165, 1.54) is 0 Å². The molecule has 0 aliphatic heterocycles. The van der Waals surface area contributed by atoms with Crippen molar-refractivity contribution < 1.29 is 15.5 Å². The van der Waals surface area contributed by atoms with E-state index >= 15 is 0 Å². The van der Waals surface area contributed by atoms with Crippen molar-refractivity contribution in [1.82, 2.24) is 18.5 Å². The second-order valence-corrected chi connectivity index (χ2v) is 0.253. The van der Waals surface area contributed by atoms with Gasteiger partial charge in [0.2, 0.25) is 0 Å². The molecule has 0 heterocycles. The summed E-state index contributed by atoms with van der Waals surface area (Å²) in [6.45, 7) is 0. The standard InChI is InChI=1S/H2NO3.3H3N/c2-1(3)4;;;/h(H2,2,3,4);3*1H3/q+1;;;. The quantitative estimate of drug-likeness (QED) is 0.279. The van der Waals surface area contributed by atoms with E-state index in [4.69, 9.17) is 15.3 Å². The largest absolute Gasteiger partial charge is 0.472 e. The Hall–Kier alpha value is -0.920. The minimum atomic E-state index is -1.25. The lowest BCUT2D eigenvalue weighted by atomic mass is 13.1. The van der Waals surface area contributed by atoms with Crippen molar-refractivity contribution in [3.63, 3.8) is 0 Å². The molecule has 11 N–H and O–H groups in total. The predicted molar refractivity (Wildman–Crippen MR) is 22.3 cm³/mol. The highest BCUT2D eigenvalue weighted by molar-refractivity contribution is 3.56. The summed E-state index contributed by atoms with van der Waals surface area (Å²) in [4.78, 5) is 8.47. The molecule has 7 heteroatoms. The van der Waals surface area contributed by atoms with Crippen LogP contribution in [-0.2, 0) is 0 Å². The van der Waals surface area contributed by atoms with Gasteiger partial charge in [-0.1, -0.05) is 0 Å². The van der Waals surface area contributed by atoms with Crippen LogP contribution in [0.4, 0.5) is 0 Å². The molecule has 0 spiro atoms. The fourth-order valence-corrected chi connectivity index (χ4v) is 0. The van der Waals surface area contributed by atoms with E-state index in [9.17, 15) is 0 Å². The van der Waals surface area contributed by atoms with Crippen molar-refractivity contribution >= 4 is 0 Å². The molecule has 0 saturated heterocycles. The Balaban J connectivity index is -0.0000000150. The van der Waals surface area contributed by atoms with Crippen LogP contribution in [-0.4, -0.2) is 15.5 Å². The van der Waals surface area contributed by atoms with Crippen LogP contribution in [0.2, 0.25) is 0 Å². The van der Waals surface area contributed by atoms with Gasteiger partial charge in [-0.05, 0) is 0 Å². The van der Waals surface area contributed by atoms with Crippen LogP contribution in [0.1, 0.15) is 0 Å². The van der Waals surface area contributed by atoms with Gasteiger partial charge in [0.1, 0.15) is 4.91 Å². The predicted octanol–water partition coefficient (Wildman–Crippen LogP) is 0.0297. The molecule has 0 saturated carbocycles. The van der Waals surface area contributed by atoms with Crippen LogP contribution in [0.3, 0.4) is 0 Å². The Morgan fingerprint density at radius 1 is 1.00 bits per heavy atom. The average Bonchev–Trinajstić information content (AvgIpc) is 0.811. The maximum atomic E-state index is 8.47. The first-order valence-electron chi connectivity index (χ1n) is 0.583. The smallest absolute Gasteiger partial charge is 0.344 e. The number of nitrogens with zero attached hydrogens (tertiary/aromatic N) is 1. The van der Waals surface area contributed by atoms with Crippen LogP contribution in [0.25, 0.3) is 0 Å². The second-order valence-electron chi connectivity index (χ2n) is 0.253. The normalized spacial score (nSPS) is 3.43. The lowest BCUT2D eigenvalue weighted by Gasteiger charge is -1.45. The first-order chi connectivity index (χ1) is 1.73. The molecule has 0 radical (unpaired) electrons. The zero-order valence-electron chi connectivity index (χ0n) is 3.87. The van der Waals surface area contributed by atoms with Gasteiger partial charge in [0.05, 0.1) is 0 Å². The molecule has 0 aromatic carbocycles. The van der Waals surface area contributed by atoms with Crippen LogP contribution >= 0.6 is 0 Å². The SMILES string of the molecule is N.N.N.O=[N+](O)O. The summed E-state index contributed by atoms with van der Waals surface area (Å²) in [6, 6.07) is 0. The maximum absolute atomic E-state index is 8.47. The van der Waals surface area contributed by atoms with Crippen molar-refractivity contribution in [1.29, 1.82) is 0 Å². The van der Waals surface area contributed by atoms with E-state index in [0.717, 1.165) is 0 Å². The minimum absolute atomic E-state index is 0. The Bertz CT molecular complexity index is 29.9. The molecule has 0 aromatic rings. The van der Waals surface area contributed by atoms with Crippen LogP contribution in [0.15, 0.2) is 0 Å². The van der Waals surface area contributed by atoms with Crippen LogP contribution < -0.4 is 18.5 Å². The fourth-order valence-electron chi connectivity index (χ4n) is 0. The zero-order chi connectivity index (χ0) is 3.58. The molecule has 0 bridgehead atoms. The summed E-state index contributed by atoms with van der Waals surface area (Å²) in [7, 11) is 0. The van der Waals surface area contributed by atoms with E-state index in [1.807, 2.05) is 0 Å². The number of rotatable bonds is 0.